The zero-order valence-electron chi connectivity index (χ0n) is 11.5. The summed E-state index contributed by atoms with van der Waals surface area (Å²) in [6.45, 7) is 1.45. The van der Waals surface area contributed by atoms with Crippen LogP contribution >= 0.6 is 0 Å². The van der Waals surface area contributed by atoms with Crippen LogP contribution < -0.4 is 10.1 Å². The van der Waals surface area contributed by atoms with Crippen molar-refractivity contribution in [2.45, 2.75) is 0 Å². The Kier molecular flexibility index (Phi) is 4.06. The molecule has 5 heteroatoms. The molecule has 0 spiro atoms. The van der Waals surface area contributed by atoms with Crippen molar-refractivity contribution in [3.8, 4) is 5.75 Å². The number of H-pyrrole nitrogens is 1. The van der Waals surface area contributed by atoms with Crippen molar-refractivity contribution >= 4 is 16.8 Å². The Balaban J connectivity index is 2.10. The van der Waals surface area contributed by atoms with E-state index < -0.39 is 0 Å². The van der Waals surface area contributed by atoms with E-state index in [1.165, 1.54) is 0 Å². The molecule has 0 saturated heterocycles. The molecule has 0 unspecified atom stereocenters. The SMILES string of the molecule is COc1ccc2cc(C(=O)NCCN(C)C)[nH]c2c1. The molecule has 2 aromatic rings. The summed E-state index contributed by atoms with van der Waals surface area (Å²) >= 11 is 0. The first-order chi connectivity index (χ1) is 9.10. The number of carbonyl (C=O) groups excluding carboxylic acids is 1. The molecule has 1 aromatic heterocycles. The number of rotatable bonds is 5. The van der Waals surface area contributed by atoms with Crippen LogP contribution in [0.4, 0.5) is 0 Å². The van der Waals surface area contributed by atoms with Crippen molar-refractivity contribution in [3.63, 3.8) is 0 Å². The van der Waals surface area contributed by atoms with Crippen LogP contribution in [0.2, 0.25) is 0 Å². The molecule has 0 atom stereocenters. The second-order valence-corrected chi connectivity index (χ2v) is 4.70. The monoisotopic (exact) mass is 261 g/mol. The number of hydrogen-bond acceptors (Lipinski definition) is 3. The van der Waals surface area contributed by atoms with Crippen molar-refractivity contribution in [1.82, 2.24) is 15.2 Å². The Bertz CT molecular complexity index is 575. The van der Waals surface area contributed by atoms with Gasteiger partial charge in [0.15, 0.2) is 0 Å². The molecule has 0 aliphatic heterocycles. The second kappa shape index (κ2) is 5.75. The average molecular weight is 261 g/mol. The van der Waals surface area contributed by atoms with Gasteiger partial charge in [-0.15, -0.1) is 0 Å². The maximum atomic E-state index is 12.0. The highest BCUT2D eigenvalue weighted by molar-refractivity contribution is 5.98. The molecule has 1 aromatic carbocycles. The van der Waals surface area contributed by atoms with Crippen molar-refractivity contribution in [1.29, 1.82) is 0 Å². The molecule has 2 N–H and O–H groups in total. The Hall–Kier alpha value is -2.01. The predicted octanol–water partition coefficient (Wildman–Crippen LogP) is 1.47. The Morgan fingerprint density at radius 1 is 1.37 bits per heavy atom. The summed E-state index contributed by atoms with van der Waals surface area (Å²) in [6, 6.07) is 7.54. The van der Waals surface area contributed by atoms with Crippen LogP contribution in [0.5, 0.6) is 5.75 Å². The van der Waals surface area contributed by atoms with Gasteiger partial charge in [0.1, 0.15) is 11.4 Å². The lowest BCUT2D eigenvalue weighted by molar-refractivity contribution is 0.0947. The summed E-state index contributed by atoms with van der Waals surface area (Å²) < 4.78 is 5.16. The van der Waals surface area contributed by atoms with E-state index in [1.807, 2.05) is 43.3 Å². The first-order valence-electron chi connectivity index (χ1n) is 6.20. The zero-order chi connectivity index (χ0) is 13.8. The predicted molar refractivity (Wildman–Crippen MR) is 75.7 cm³/mol. The minimum Gasteiger partial charge on any atom is -0.497 e. The zero-order valence-corrected chi connectivity index (χ0v) is 11.5. The molecular weight excluding hydrogens is 242 g/mol. The fraction of sp³-hybridized carbons (Fsp3) is 0.357. The standard InChI is InChI=1S/C14H19N3O2/c1-17(2)7-6-15-14(18)13-8-10-4-5-11(19-3)9-12(10)16-13/h4-5,8-9,16H,6-7H2,1-3H3,(H,15,18). The molecule has 102 valence electrons. The van der Waals surface area contributed by atoms with E-state index >= 15 is 0 Å². The molecule has 0 fully saturated rings. The van der Waals surface area contributed by atoms with Gasteiger partial charge in [-0.25, -0.2) is 0 Å². The summed E-state index contributed by atoms with van der Waals surface area (Å²) in [5.74, 6) is 0.686. The van der Waals surface area contributed by atoms with E-state index in [0.29, 0.717) is 12.2 Å². The van der Waals surface area contributed by atoms with Gasteiger partial charge in [-0.2, -0.15) is 0 Å². The molecule has 0 aliphatic carbocycles. The molecule has 2 rings (SSSR count). The van der Waals surface area contributed by atoms with Crippen LogP contribution in [0.1, 0.15) is 10.5 Å². The second-order valence-electron chi connectivity index (χ2n) is 4.70. The Morgan fingerprint density at radius 2 is 2.16 bits per heavy atom. The number of methoxy groups -OCH3 is 1. The number of nitrogens with one attached hydrogen (secondary N) is 2. The maximum Gasteiger partial charge on any atom is 0.267 e. The Morgan fingerprint density at radius 3 is 2.84 bits per heavy atom. The quantitative estimate of drug-likeness (QED) is 0.857. The number of fused-ring (bicyclic) bond motifs is 1. The third-order valence-corrected chi connectivity index (χ3v) is 2.92. The van der Waals surface area contributed by atoms with Gasteiger partial charge >= 0.3 is 0 Å². The summed E-state index contributed by atoms with van der Waals surface area (Å²) in [7, 11) is 5.57. The maximum absolute atomic E-state index is 12.0. The number of likely N-dealkylation sites (N-methyl/N-ethyl adjacent to an activating group) is 1. The van der Waals surface area contributed by atoms with Gasteiger partial charge in [0, 0.05) is 30.1 Å². The van der Waals surface area contributed by atoms with Crippen molar-refractivity contribution in [3.05, 3.63) is 30.0 Å². The number of ether oxygens (including phenoxy) is 1. The molecule has 0 bridgehead atoms. The molecule has 1 heterocycles. The summed E-state index contributed by atoms with van der Waals surface area (Å²) in [4.78, 5) is 17.1. The fourth-order valence-corrected chi connectivity index (χ4v) is 1.84. The minimum atomic E-state index is -0.0861. The third kappa shape index (κ3) is 3.26. The third-order valence-electron chi connectivity index (χ3n) is 2.92. The Labute approximate surface area is 112 Å². The van der Waals surface area contributed by atoms with Crippen molar-refractivity contribution < 1.29 is 9.53 Å². The number of aromatic nitrogens is 1. The number of hydrogen-bond donors (Lipinski definition) is 2. The van der Waals surface area contributed by atoms with E-state index in [-0.39, 0.29) is 5.91 Å². The first-order valence-corrected chi connectivity index (χ1v) is 6.20. The smallest absolute Gasteiger partial charge is 0.267 e. The topological polar surface area (TPSA) is 57.4 Å². The van der Waals surface area contributed by atoms with Crippen LogP contribution in [-0.2, 0) is 0 Å². The van der Waals surface area contributed by atoms with Gasteiger partial charge in [-0.1, -0.05) is 0 Å². The van der Waals surface area contributed by atoms with Crippen LogP contribution in [0.15, 0.2) is 24.3 Å². The van der Waals surface area contributed by atoms with E-state index in [9.17, 15) is 4.79 Å². The highest BCUT2D eigenvalue weighted by atomic mass is 16.5. The molecule has 0 radical (unpaired) electrons. The van der Waals surface area contributed by atoms with Crippen LogP contribution in [0, 0.1) is 0 Å². The molecule has 0 aliphatic rings. The average Bonchev–Trinajstić information content (AvgIpc) is 2.80. The number of aromatic amines is 1. The molecular formula is C14H19N3O2. The molecule has 0 saturated carbocycles. The van der Waals surface area contributed by atoms with E-state index in [4.69, 9.17) is 4.74 Å². The van der Waals surface area contributed by atoms with Gasteiger partial charge in [-0.3, -0.25) is 4.79 Å². The number of nitrogens with zero attached hydrogens (tertiary/aromatic N) is 1. The highest BCUT2D eigenvalue weighted by Crippen LogP contribution is 2.21. The van der Waals surface area contributed by atoms with Gasteiger partial charge in [0.25, 0.3) is 5.91 Å². The molecule has 5 nitrogen and oxygen atoms in total. The normalized spacial score (nSPS) is 10.9. The molecule has 19 heavy (non-hydrogen) atoms. The van der Waals surface area contributed by atoms with Crippen molar-refractivity contribution in [2.24, 2.45) is 0 Å². The lowest BCUT2D eigenvalue weighted by Gasteiger charge is -2.09. The van der Waals surface area contributed by atoms with Gasteiger partial charge in [0.05, 0.1) is 7.11 Å². The highest BCUT2D eigenvalue weighted by Gasteiger charge is 2.09. The van der Waals surface area contributed by atoms with Gasteiger partial charge < -0.3 is 19.9 Å². The number of amides is 1. The fourth-order valence-electron chi connectivity index (χ4n) is 1.84. The largest absolute Gasteiger partial charge is 0.497 e. The van der Waals surface area contributed by atoms with Crippen LogP contribution in [-0.4, -0.2) is 50.1 Å². The molecule has 1 amide bonds. The lowest BCUT2D eigenvalue weighted by atomic mass is 10.2. The summed E-state index contributed by atoms with van der Waals surface area (Å²) in [5, 5.41) is 3.88. The van der Waals surface area contributed by atoms with Gasteiger partial charge in [-0.05, 0) is 32.3 Å². The van der Waals surface area contributed by atoms with Gasteiger partial charge in [0.2, 0.25) is 0 Å². The lowest BCUT2D eigenvalue weighted by Crippen LogP contribution is -2.31. The van der Waals surface area contributed by atoms with E-state index in [2.05, 4.69) is 10.3 Å². The van der Waals surface area contributed by atoms with E-state index in [0.717, 1.165) is 23.2 Å². The van der Waals surface area contributed by atoms with Crippen LogP contribution in [0.25, 0.3) is 10.9 Å². The summed E-state index contributed by atoms with van der Waals surface area (Å²) in [5.41, 5.74) is 1.47. The number of benzene rings is 1. The van der Waals surface area contributed by atoms with Crippen LogP contribution in [0.3, 0.4) is 0 Å². The van der Waals surface area contributed by atoms with E-state index in [1.54, 1.807) is 7.11 Å². The summed E-state index contributed by atoms with van der Waals surface area (Å²) in [6.07, 6.45) is 0. The van der Waals surface area contributed by atoms with Crippen molar-refractivity contribution in [2.75, 3.05) is 34.3 Å². The first kappa shape index (κ1) is 13.4. The number of carbonyl (C=O) groups is 1. The minimum absolute atomic E-state index is 0.0861.